The summed E-state index contributed by atoms with van der Waals surface area (Å²) in [6.07, 6.45) is 8.50. The van der Waals surface area contributed by atoms with Gasteiger partial charge in [-0.05, 0) is 37.7 Å². The quantitative estimate of drug-likeness (QED) is 0.845. The minimum Gasteiger partial charge on any atom is -0.469 e. The summed E-state index contributed by atoms with van der Waals surface area (Å²) in [5, 5.41) is 13.4. The van der Waals surface area contributed by atoms with Gasteiger partial charge >= 0.3 is 0 Å². The Balaban J connectivity index is 1.60. The van der Waals surface area contributed by atoms with Crippen LogP contribution in [-0.4, -0.2) is 17.8 Å². The lowest BCUT2D eigenvalue weighted by Gasteiger charge is -2.25. The van der Waals surface area contributed by atoms with Gasteiger partial charge in [0, 0.05) is 24.6 Å². The lowest BCUT2D eigenvalue weighted by Crippen LogP contribution is -2.32. The van der Waals surface area contributed by atoms with Crippen LogP contribution in [-0.2, 0) is 6.42 Å². The Kier molecular flexibility index (Phi) is 3.21. The second-order valence-electron chi connectivity index (χ2n) is 5.41. The zero-order valence-corrected chi connectivity index (χ0v) is 10.2. The van der Waals surface area contributed by atoms with Crippen molar-refractivity contribution < 1.29 is 9.52 Å². The Morgan fingerprint density at radius 2 is 2.24 bits per heavy atom. The predicted molar refractivity (Wildman–Crippen MR) is 65.7 cm³/mol. The highest BCUT2D eigenvalue weighted by molar-refractivity contribution is 5.24. The summed E-state index contributed by atoms with van der Waals surface area (Å²) in [6.45, 7) is 0.941. The first-order valence-electron chi connectivity index (χ1n) is 6.82. The molecule has 94 valence electrons. The van der Waals surface area contributed by atoms with Crippen molar-refractivity contribution in [2.24, 2.45) is 5.92 Å². The molecule has 3 atom stereocenters. The van der Waals surface area contributed by atoms with Gasteiger partial charge in [0.2, 0.25) is 0 Å². The van der Waals surface area contributed by atoms with Gasteiger partial charge in [0.25, 0.3) is 0 Å². The number of nitrogens with one attached hydrogen (secondary N) is 1. The molecular weight excluding hydrogens is 214 g/mol. The van der Waals surface area contributed by atoms with Gasteiger partial charge in [-0.1, -0.05) is 6.42 Å². The summed E-state index contributed by atoms with van der Waals surface area (Å²) >= 11 is 0. The normalized spacial score (nSPS) is 32.6. The van der Waals surface area contributed by atoms with E-state index in [0.717, 1.165) is 25.1 Å². The highest BCUT2D eigenvalue weighted by Gasteiger charge is 2.27. The van der Waals surface area contributed by atoms with E-state index in [1.165, 1.54) is 31.2 Å². The highest BCUT2D eigenvalue weighted by Crippen LogP contribution is 2.31. The average Bonchev–Trinajstić information content (AvgIpc) is 2.95. The van der Waals surface area contributed by atoms with E-state index in [2.05, 4.69) is 11.4 Å². The minimum absolute atomic E-state index is 0.0880. The Morgan fingerprint density at radius 3 is 3.06 bits per heavy atom. The van der Waals surface area contributed by atoms with Gasteiger partial charge in [0.15, 0.2) is 0 Å². The lowest BCUT2D eigenvalue weighted by atomic mass is 9.93. The van der Waals surface area contributed by atoms with Gasteiger partial charge < -0.3 is 14.8 Å². The van der Waals surface area contributed by atoms with Crippen LogP contribution in [0, 0.1) is 5.92 Å². The average molecular weight is 235 g/mol. The molecule has 1 saturated carbocycles. The molecule has 1 heterocycles. The van der Waals surface area contributed by atoms with Crippen LogP contribution in [0.5, 0.6) is 0 Å². The molecule has 0 bridgehead atoms. The minimum atomic E-state index is -0.0880. The zero-order chi connectivity index (χ0) is 11.7. The standard InChI is InChI=1S/C14H21NO2/c16-13-5-1-3-10(13)9-15-12-4-2-6-14-11(12)7-8-17-14/h7-8,10,12-13,15-16H,1-6,9H2. The number of aryl methyl sites for hydroxylation is 1. The monoisotopic (exact) mass is 235 g/mol. The Bertz CT molecular complexity index is 374. The number of aliphatic hydroxyl groups is 1. The molecule has 0 amide bonds. The molecule has 2 N–H and O–H groups in total. The molecule has 1 aromatic heterocycles. The Morgan fingerprint density at radius 1 is 1.29 bits per heavy atom. The fourth-order valence-electron chi connectivity index (χ4n) is 3.25. The largest absolute Gasteiger partial charge is 0.469 e. The number of aliphatic hydroxyl groups excluding tert-OH is 1. The molecular formula is C14H21NO2. The summed E-state index contributed by atoms with van der Waals surface area (Å²) in [5.74, 6) is 1.60. The van der Waals surface area contributed by atoms with Crippen molar-refractivity contribution in [3.05, 3.63) is 23.7 Å². The van der Waals surface area contributed by atoms with Crippen LogP contribution in [0.15, 0.2) is 16.7 Å². The number of rotatable bonds is 3. The number of fused-ring (bicyclic) bond motifs is 1. The van der Waals surface area contributed by atoms with Crippen molar-refractivity contribution in [2.75, 3.05) is 6.54 Å². The molecule has 3 heteroatoms. The van der Waals surface area contributed by atoms with Crippen molar-refractivity contribution in [3.63, 3.8) is 0 Å². The maximum Gasteiger partial charge on any atom is 0.108 e. The maximum absolute atomic E-state index is 9.82. The van der Waals surface area contributed by atoms with Gasteiger partial charge in [0.05, 0.1) is 12.4 Å². The van der Waals surface area contributed by atoms with Crippen molar-refractivity contribution in [1.29, 1.82) is 0 Å². The number of furan rings is 1. The Labute approximate surface area is 102 Å². The first-order chi connectivity index (χ1) is 8.34. The van der Waals surface area contributed by atoms with E-state index in [1.807, 2.05) is 0 Å². The molecule has 3 rings (SSSR count). The summed E-state index contributed by atoms with van der Waals surface area (Å²) in [6, 6.07) is 2.53. The molecule has 3 nitrogen and oxygen atoms in total. The SMILES string of the molecule is OC1CCCC1CNC1CCCc2occc21. The van der Waals surface area contributed by atoms with E-state index in [1.54, 1.807) is 6.26 Å². The molecule has 0 saturated heterocycles. The van der Waals surface area contributed by atoms with Gasteiger partial charge in [-0.15, -0.1) is 0 Å². The third kappa shape index (κ3) is 2.26. The van der Waals surface area contributed by atoms with Crippen LogP contribution in [0.2, 0.25) is 0 Å². The lowest BCUT2D eigenvalue weighted by molar-refractivity contribution is 0.129. The molecule has 17 heavy (non-hydrogen) atoms. The molecule has 0 aromatic carbocycles. The van der Waals surface area contributed by atoms with Crippen LogP contribution >= 0.6 is 0 Å². The van der Waals surface area contributed by atoms with Gasteiger partial charge in [0.1, 0.15) is 5.76 Å². The van der Waals surface area contributed by atoms with Crippen LogP contribution in [0.25, 0.3) is 0 Å². The fourth-order valence-corrected chi connectivity index (χ4v) is 3.25. The molecule has 0 radical (unpaired) electrons. The van der Waals surface area contributed by atoms with Gasteiger partial charge in [-0.2, -0.15) is 0 Å². The third-order valence-corrected chi connectivity index (χ3v) is 4.30. The summed E-state index contributed by atoms with van der Waals surface area (Å²) in [4.78, 5) is 0. The molecule has 0 spiro atoms. The van der Waals surface area contributed by atoms with E-state index in [9.17, 15) is 5.11 Å². The molecule has 0 aliphatic heterocycles. The summed E-state index contributed by atoms with van der Waals surface area (Å²) in [5.41, 5.74) is 1.34. The van der Waals surface area contributed by atoms with E-state index in [-0.39, 0.29) is 6.10 Å². The highest BCUT2D eigenvalue weighted by atomic mass is 16.3. The van der Waals surface area contributed by atoms with Crippen LogP contribution in [0.1, 0.15) is 49.5 Å². The first kappa shape index (κ1) is 11.3. The van der Waals surface area contributed by atoms with Crippen LogP contribution in [0.4, 0.5) is 0 Å². The van der Waals surface area contributed by atoms with Crippen LogP contribution < -0.4 is 5.32 Å². The second-order valence-corrected chi connectivity index (χ2v) is 5.41. The predicted octanol–water partition coefficient (Wildman–Crippen LogP) is 2.41. The Hall–Kier alpha value is -0.800. The molecule has 1 fully saturated rings. The third-order valence-electron chi connectivity index (χ3n) is 4.30. The summed E-state index contributed by atoms with van der Waals surface area (Å²) < 4.78 is 5.49. The topological polar surface area (TPSA) is 45.4 Å². The number of hydrogen-bond acceptors (Lipinski definition) is 3. The molecule has 2 aliphatic rings. The van der Waals surface area contributed by atoms with Crippen molar-refractivity contribution in [2.45, 2.75) is 50.7 Å². The van der Waals surface area contributed by atoms with E-state index in [4.69, 9.17) is 4.42 Å². The van der Waals surface area contributed by atoms with Gasteiger partial charge in [-0.25, -0.2) is 0 Å². The van der Waals surface area contributed by atoms with E-state index in [0.29, 0.717) is 12.0 Å². The smallest absolute Gasteiger partial charge is 0.108 e. The zero-order valence-electron chi connectivity index (χ0n) is 10.2. The van der Waals surface area contributed by atoms with Crippen molar-refractivity contribution >= 4 is 0 Å². The van der Waals surface area contributed by atoms with E-state index < -0.39 is 0 Å². The van der Waals surface area contributed by atoms with Crippen LogP contribution in [0.3, 0.4) is 0 Å². The number of hydrogen-bond donors (Lipinski definition) is 2. The summed E-state index contributed by atoms with van der Waals surface area (Å²) in [7, 11) is 0. The fraction of sp³-hybridized carbons (Fsp3) is 0.714. The maximum atomic E-state index is 9.82. The van der Waals surface area contributed by atoms with Crippen molar-refractivity contribution in [1.82, 2.24) is 5.32 Å². The van der Waals surface area contributed by atoms with Crippen molar-refractivity contribution in [3.8, 4) is 0 Å². The molecule has 1 aromatic rings. The second kappa shape index (κ2) is 4.83. The van der Waals surface area contributed by atoms with Gasteiger partial charge in [-0.3, -0.25) is 0 Å². The van der Waals surface area contributed by atoms with E-state index >= 15 is 0 Å². The molecule has 3 unspecified atom stereocenters. The molecule has 2 aliphatic carbocycles. The first-order valence-corrected chi connectivity index (χ1v) is 6.82.